The fourth-order valence-corrected chi connectivity index (χ4v) is 5.15. The lowest BCUT2D eigenvalue weighted by Gasteiger charge is -2.21. The standard InChI is InChI=1S/C25H27NO4S/c27-25(12-10-22-9-11-24(30-22)20-6-2-1-3-7-20)26-21-8-4-5-19(17-21)18-31(28)23-13-15-29-16-14-23/h1-9,11,17,23H,10,12-16,18H2,(H,26,27). The lowest BCUT2D eigenvalue weighted by Crippen LogP contribution is -2.25. The van der Waals surface area contributed by atoms with Crippen LogP contribution in [0.25, 0.3) is 11.3 Å². The molecule has 0 spiro atoms. The van der Waals surface area contributed by atoms with Gasteiger partial charge in [-0.25, -0.2) is 0 Å². The van der Waals surface area contributed by atoms with Crippen molar-refractivity contribution in [2.45, 2.75) is 36.7 Å². The van der Waals surface area contributed by atoms with Crippen LogP contribution in [0.3, 0.4) is 0 Å². The summed E-state index contributed by atoms with van der Waals surface area (Å²) in [6.45, 7) is 1.38. The molecular weight excluding hydrogens is 410 g/mol. The predicted octanol–water partition coefficient (Wildman–Crippen LogP) is 4.95. The van der Waals surface area contributed by atoms with Gasteiger partial charge in [-0.3, -0.25) is 9.00 Å². The van der Waals surface area contributed by atoms with Crippen LogP contribution in [-0.4, -0.2) is 28.6 Å². The highest BCUT2D eigenvalue weighted by Gasteiger charge is 2.20. The summed E-state index contributed by atoms with van der Waals surface area (Å²) in [4.78, 5) is 12.4. The molecule has 1 aliphatic heterocycles. The molecular formula is C25H27NO4S. The SMILES string of the molecule is O=C(CCc1ccc(-c2ccccc2)o1)Nc1cccc(CS(=O)C2CCOCC2)c1. The zero-order valence-electron chi connectivity index (χ0n) is 17.4. The summed E-state index contributed by atoms with van der Waals surface area (Å²) in [5, 5.41) is 3.14. The minimum atomic E-state index is -0.925. The largest absolute Gasteiger partial charge is 0.461 e. The van der Waals surface area contributed by atoms with E-state index in [0.29, 0.717) is 31.8 Å². The smallest absolute Gasteiger partial charge is 0.224 e. The van der Waals surface area contributed by atoms with Crippen LogP contribution < -0.4 is 5.32 Å². The van der Waals surface area contributed by atoms with E-state index < -0.39 is 10.8 Å². The monoisotopic (exact) mass is 437 g/mol. The van der Waals surface area contributed by atoms with Crippen LogP contribution in [0.2, 0.25) is 0 Å². The third kappa shape index (κ3) is 6.15. The molecule has 1 unspecified atom stereocenters. The quantitative estimate of drug-likeness (QED) is 0.542. The van der Waals surface area contributed by atoms with Crippen molar-refractivity contribution in [2.75, 3.05) is 18.5 Å². The molecule has 2 heterocycles. The molecule has 1 aliphatic rings. The highest BCUT2D eigenvalue weighted by molar-refractivity contribution is 7.84. The predicted molar refractivity (Wildman–Crippen MR) is 123 cm³/mol. The zero-order chi connectivity index (χ0) is 21.5. The van der Waals surface area contributed by atoms with Gasteiger partial charge in [-0.05, 0) is 42.7 Å². The first kappa shape index (κ1) is 21.5. The van der Waals surface area contributed by atoms with E-state index in [2.05, 4.69) is 5.32 Å². The molecule has 1 amide bonds. The number of furan rings is 1. The molecule has 1 fully saturated rings. The Morgan fingerprint density at radius 2 is 1.81 bits per heavy atom. The van der Waals surface area contributed by atoms with Crippen LogP contribution in [0.1, 0.15) is 30.6 Å². The van der Waals surface area contributed by atoms with Crippen LogP contribution in [0.4, 0.5) is 5.69 Å². The van der Waals surface area contributed by atoms with E-state index in [9.17, 15) is 9.00 Å². The second-order valence-corrected chi connectivity index (χ2v) is 9.43. The lowest BCUT2D eigenvalue weighted by molar-refractivity contribution is -0.116. The number of benzene rings is 2. The van der Waals surface area contributed by atoms with E-state index in [1.807, 2.05) is 66.7 Å². The van der Waals surface area contributed by atoms with Crippen LogP contribution in [0.5, 0.6) is 0 Å². The number of carbonyl (C=O) groups excluding carboxylic acids is 1. The maximum atomic E-state index is 12.6. The van der Waals surface area contributed by atoms with E-state index in [1.54, 1.807) is 0 Å². The second-order valence-electron chi connectivity index (χ2n) is 7.72. The molecule has 1 N–H and O–H groups in total. The first-order valence-corrected chi connectivity index (χ1v) is 12.0. The average molecular weight is 438 g/mol. The number of rotatable bonds is 8. The van der Waals surface area contributed by atoms with Crippen molar-refractivity contribution in [3.8, 4) is 11.3 Å². The van der Waals surface area contributed by atoms with E-state index in [-0.39, 0.29) is 11.2 Å². The summed E-state index contributed by atoms with van der Waals surface area (Å²) >= 11 is 0. The van der Waals surface area contributed by atoms with Gasteiger partial charge in [0.15, 0.2) is 0 Å². The first-order valence-electron chi connectivity index (χ1n) is 10.7. The lowest BCUT2D eigenvalue weighted by atomic mass is 10.2. The molecule has 4 rings (SSSR count). The maximum absolute atomic E-state index is 12.6. The molecule has 0 aliphatic carbocycles. The highest BCUT2D eigenvalue weighted by Crippen LogP contribution is 2.23. The number of hydrogen-bond acceptors (Lipinski definition) is 4. The zero-order valence-corrected chi connectivity index (χ0v) is 18.2. The molecule has 5 nitrogen and oxygen atoms in total. The van der Waals surface area contributed by atoms with Crippen LogP contribution in [0.15, 0.2) is 71.1 Å². The van der Waals surface area contributed by atoms with Gasteiger partial charge in [0, 0.05) is 59.1 Å². The number of ether oxygens (including phenoxy) is 1. The van der Waals surface area contributed by atoms with Crippen molar-refractivity contribution in [1.29, 1.82) is 0 Å². The topological polar surface area (TPSA) is 68.5 Å². The summed E-state index contributed by atoms with van der Waals surface area (Å²) in [7, 11) is -0.925. The molecule has 1 aromatic heterocycles. The molecule has 1 atom stereocenters. The van der Waals surface area contributed by atoms with E-state index in [0.717, 1.165) is 41.2 Å². The van der Waals surface area contributed by atoms with Crippen LogP contribution in [-0.2, 0) is 32.5 Å². The van der Waals surface area contributed by atoms with Crippen molar-refractivity contribution in [3.05, 3.63) is 78.1 Å². The summed E-state index contributed by atoms with van der Waals surface area (Å²) < 4.78 is 23.8. The normalized spacial score (nSPS) is 15.5. The Bertz CT molecular complexity index is 1020. The summed E-state index contributed by atoms with van der Waals surface area (Å²) in [5.41, 5.74) is 2.73. The van der Waals surface area contributed by atoms with Crippen molar-refractivity contribution >= 4 is 22.4 Å². The molecule has 3 aromatic rings. The van der Waals surface area contributed by atoms with Gasteiger partial charge in [-0.1, -0.05) is 42.5 Å². The minimum absolute atomic E-state index is 0.0691. The van der Waals surface area contributed by atoms with Gasteiger partial charge in [0.05, 0.1) is 0 Å². The molecule has 1 saturated heterocycles. The van der Waals surface area contributed by atoms with E-state index >= 15 is 0 Å². The van der Waals surface area contributed by atoms with Gasteiger partial charge in [0.2, 0.25) is 5.91 Å². The Hall–Kier alpha value is -2.70. The second kappa shape index (κ2) is 10.6. The molecule has 6 heteroatoms. The minimum Gasteiger partial charge on any atom is -0.461 e. The van der Waals surface area contributed by atoms with Gasteiger partial charge in [-0.15, -0.1) is 0 Å². The number of amides is 1. The third-order valence-electron chi connectivity index (χ3n) is 5.38. The van der Waals surface area contributed by atoms with Gasteiger partial charge in [0.1, 0.15) is 11.5 Å². The van der Waals surface area contributed by atoms with Gasteiger partial charge in [-0.2, -0.15) is 0 Å². The highest BCUT2D eigenvalue weighted by atomic mass is 32.2. The molecule has 0 saturated carbocycles. The number of carbonyl (C=O) groups is 1. The van der Waals surface area contributed by atoms with Gasteiger partial charge < -0.3 is 14.5 Å². The van der Waals surface area contributed by atoms with Crippen LogP contribution >= 0.6 is 0 Å². The van der Waals surface area contributed by atoms with E-state index in [1.165, 1.54) is 0 Å². The Balaban J connectivity index is 1.28. The first-order chi connectivity index (χ1) is 15.2. The van der Waals surface area contributed by atoms with Crippen molar-refractivity contribution < 1.29 is 18.2 Å². The van der Waals surface area contributed by atoms with Gasteiger partial charge >= 0.3 is 0 Å². The molecule has 2 aromatic carbocycles. The number of hydrogen-bond donors (Lipinski definition) is 1. The molecule has 0 bridgehead atoms. The Morgan fingerprint density at radius 3 is 2.61 bits per heavy atom. The number of anilines is 1. The Kier molecular flexibility index (Phi) is 7.33. The number of aryl methyl sites for hydroxylation is 1. The summed E-state index contributed by atoms with van der Waals surface area (Å²) in [6, 6.07) is 21.4. The third-order valence-corrected chi connectivity index (χ3v) is 7.21. The summed E-state index contributed by atoms with van der Waals surface area (Å²) in [6.07, 6.45) is 2.57. The molecule has 0 radical (unpaired) electrons. The Morgan fingerprint density at radius 1 is 1.00 bits per heavy atom. The fraction of sp³-hybridized carbons (Fsp3) is 0.320. The maximum Gasteiger partial charge on any atom is 0.224 e. The molecule has 31 heavy (non-hydrogen) atoms. The van der Waals surface area contributed by atoms with E-state index in [4.69, 9.17) is 9.15 Å². The summed E-state index contributed by atoms with van der Waals surface area (Å²) in [5.74, 6) is 2.03. The van der Waals surface area contributed by atoms with Crippen molar-refractivity contribution in [3.63, 3.8) is 0 Å². The average Bonchev–Trinajstić information content (AvgIpc) is 3.28. The molecule has 162 valence electrons. The van der Waals surface area contributed by atoms with Crippen LogP contribution in [0, 0.1) is 0 Å². The fourth-order valence-electron chi connectivity index (χ4n) is 3.69. The van der Waals surface area contributed by atoms with Crippen molar-refractivity contribution in [1.82, 2.24) is 0 Å². The Labute approximate surface area is 185 Å². The van der Waals surface area contributed by atoms with Gasteiger partial charge in [0.25, 0.3) is 0 Å². The number of nitrogens with one attached hydrogen (secondary N) is 1. The van der Waals surface area contributed by atoms with Crippen molar-refractivity contribution in [2.24, 2.45) is 0 Å².